The van der Waals surface area contributed by atoms with Crippen LogP contribution in [0.4, 0.5) is 0 Å². The Labute approximate surface area is 114 Å². The van der Waals surface area contributed by atoms with Gasteiger partial charge in [-0.2, -0.15) is 0 Å². The largest absolute Gasteiger partial charge is 0.477 e. The summed E-state index contributed by atoms with van der Waals surface area (Å²) in [4.78, 5) is 4.55. The van der Waals surface area contributed by atoms with Crippen molar-refractivity contribution in [1.29, 1.82) is 0 Å². The average Bonchev–Trinajstić information content (AvgIpc) is 2.46. The number of rotatable bonds is 3. The summed E-state index contributed by atoms with van der Waals surface area (Å²) in [7, 11) is 0. The number of hydrogen-bond donors (Lipinski definition) is 1. The highest BCUT2D eigenvalue weighted by atomic mass is 16.5. The highest BCUT2D eigenvalue weighted by molar-refractivity contribution is 5.78. The number of hydrogen-bond acceptors (Lipinski definition) is 3. The maximum Gasteiger partial charge on any atom is 0.213 e. The minimum Gasteiger partial charge on any atom is -0.477 e. The van der Waals surface area contributed by atoms with E-state index in [2.05, 4.69) is 29.4 Å². The van der Waals surface area contributed by atoms with Gasteiger partial charge in [-0.05, 0) is 38.1 Å². The van der Waals surface area contributed by atoms with Gasteiger partial charge in [0.05, 0.1) is 12.1 Å². The Morgan fingerprint density at radius 3 is 2.79 bits per heavy atom. The maximum atomic E-state index is 5.92. The van der Waals surface area contributed by atoms with Crippen molar-refractivity contribution in [2.24, 2.45) is 5.41 Å². The van der Waals surface area contributed by atoms with Crippen LogP contribution in [0.25, 0.3) is 10.9 Å². The van der Waals surface area contributed by atoms with Crippen LogP contribution >= 0.6 is 0 Å². The van der Waals surface area contributed by atoms with Crippen molar-refractivity contribution in [1.82, 2.24) is 10.3 Å². The summed E-state index contributed by atoms with van der Waals surface area (Å²) >= 11 is 0. The van der Waals surface area contributed by atoms with Crippen molar-refractivity contribution < 1.29 is 4.74 Å². The smallest absolute Gasteiger partial charge is 0.213 e. The topological polar surface area (TPSA) is 34.1 Å². The first-order valence-corrected chi connectivity index (χ1v) is 6.95. The van der Waals surface area contributed by atoms with Crippen LogP contribution < -0.4 is 10.1 Å². The molecule has 0 atom stereocenters. The van der Waals surface area contributed by atoms with E-state index in [9.17, 15) is 0 Å². The Morgan fingerprint density at radius 1 is 1.16 bits per heavy atom. The quantitative estimate of drug-likeness (QED) is 0.916. The fraction of sp³-hybridized carbons (Fsp3) is 0.438. The summed E-state index contributed by atoms with van der Waals surface area (Å²) in [5.74, 6) is 0.735. The Kier molecular flexibility index (Phi) is 3.38. The number of para-hydroxylation sites is 1. The molecule has 0 aliphatic carbocycles. The Bertz CT molecular complexity index is 561. The lowest BCUT2D eigenvalue weighted by Gasteiger charge is -2.33. The average molecular weight is 256 g/mol. The second kappa shape index (κ2) is 5.17. The lowest BCUT2D eigenvalue weighted by molar-refractivity contribution is 0.120. The SMILES string of the molecule is CC1(COc2ccc3ccccc3n2)CCNCC1. The molecule has 1 aromatic carbocycles. The van der Waals surface area contributed by atoms with Gasteiger partial charge in [0.2, 0.25) is 5.88 Å². The van der Waals surface area contributed by atoms with E-state index in [-0.39, 0.29) is 5.41 Å². The number of nitrogens with one attached hydrogen (secondary N) is 1. The molecular formula is C16H20N2O. The van der Waals surface area contributed by atoms with E-state index < -0.39 is 0 Å². The summed E-state index contributed by atoms with van der Waals surface area (Å²) in [6.07, 6.45) is 2.33. The van der Waals surface area contributed by atoms with Crippen LogP contribution in [0, 0.1) is 5.41 Å². The van der Waals surface area contributed by atoms with Crippen molar-refractivity contribution in [2.75, 3.05) is 19.7 Å². The number of piperidine rings is 1. The van der Waals surface area contributed by atoms with Gasteiger partial charge in [0.25, 0.3) is 0 Å². The number of benzene rings is 1. The first-order chi connectivity index (χ1) is 9.25. The first-order valence-electron chi connectivity index (χ1n) is 6.95. The summed E-state index contributed by atoms with van der Waals surface area (Å²) in [5, 5.41) is 4.55. The highest BCUT2D eigenvalue weighted by Crippen LogP contribution is 2.28. The summed E-state index contributed by atoms with van der Waals surface area (Å²) < 4.78 is 5.92. The van der Waals surface area contributed by atoms with Crippen molar-refractivity contribution >= 4 is 10.9 Å². The van der Waals surface area contributed by atoms with E-state index in [1.807, 2.05) is 24.3 Å². The molecule has 2 heterocycles. The number of pyridine rings is 1. The van der Waals surface area contributed by atoms with Gasteiger partial charge in [-0.1, -0.05) is 25.1 Å². The van der Waals surface area contributed by atoms with Crippen LogP contribution in [-0.2, 0) is 0 Å². The minimum absolute atomic E-state index is 0.276. The van der Waals surface area contributed by atoms with Crippen molar-refractivity contribution in [3.8, 4) is 5.88 Å². The van der Waals surface area contributed by atoms with E-state index >= 15 is 0 Å². The van der Waals surface area contributed by atoms with Crippen LogP contribution in [0.2, 0.25) is 0 Å². The maximum absolute atomic E-state index is 5.92. The van der Waals surface area contributed by atoms with Crippen LogP contribution in [0.15, 0.2) is 36.4 Å². The molecule has 3 rings (SSSR count). The molecule has 0 unspecified atom stereocenters. The molecule has 0 radical (unpaired) electrons. The van der Waals surface area contributed by atoms with E-state index in [0.717, 1.165) is 36.5 Å². The zero-order valence-corrected chi connectivity index (χ0v) is 11.4. The van der Waals surface area contributed by atoms with Gasteiger partial charge >= 0.3 is 0 Å². The third-order valence-electron chi connectivity index (χ3n) is 3.95. The fourth-order valence-electron chi connectivity index (χ4n) is 2.55. The molecule has 1 aliphatic rings. The number of ether oxygens (including phenoxy) is 1. The van der Waals surface area contributed by atoms with Crippen molar-refractivity contribution in [3.63, 3.8) is 0 Å². The standard InChI is InChI=1S/C16H20N2O/c1-16(8-10-17-11-9-16)12-19-15-7-6-13-4-2-3-5-14(13)18-15/h2-7,17H,8-12H2,1H3. The molecule has 2 aromatic rings. The minimum atomic E-state index is 0.276. The number of aromatic nitrogens is 1. The van der Waals surface area contributed by atoms with Crippen molar-refractivity contribution in [3.05, 3.63) is 36.4 Å². The van der Waals surface area contributed by atoms with Gasteiger partial charge in [-0.15, -0.1) is 0 Å². The Morgan fingerprint density at radius 2 is 1.95 bits per heavy atom. The monoisotopic (exact) mass is 256 g/mol. The molecule has 100 valence electrons. The zero-order valence-electron chi connectivity index (χ0n) is 11.4. The second-order valence-electron chi connectivity index (χ2n) is 5.69. The van der Waals surface area contributed by atoms with E-state index in [0.29, 0.717) is 0 Å². The molecule has 0 bridgehead atoms. The number of fused-ring (bicyclic) bond motifs is 1. The first kappa shape index (κ1) is 12.4. The molecule has 1 saturated heterocycles. The van der Waals surface area contributed by atoms with Crippen LogP contribution in [0.1, 0.15) is 19.8 Å². The lowest BCUT2D eigenvalue weighted by Crippen LogP contribution is -2.38. The third-order valence-corrected chi connectivity index (χ3v) is 3.95. The molecule has 0 amide bonds. The Balaban J connectivity index is 1.71. The van der Waals surface area contributed by atoms with E-state index in [4.69, 9.17) is 4.74 Å². The van der Waals surface area contributed by atoms with Crippen molar-refractivity contribution in [2.45, 2.75) is 19.8 Å². The van der Waals surface area contributed by atoms with E-state index in [1.54, 1.807) is 0 Å². The summed E-state index contributed by atoms with van der Waals surface area (Å²) in [6, 6.07) is 12.2. The van der Waals surface area contributed by atoms with Crippen LogP contribution in [-0.4, -0.2) is 24.7 Å². The molecule has 3 heteroatoms. The molecule has 19 heavy (non-hydrogen) atoms. The molecule has 0 spiro atoms. The summed E-state index contributed by atoms with van der Waals surface area (Å²) in [5.41, 5.74) is 1.27. The molecule has 1 aliphatic heterocycles. The number of nitrogens with zero attached hydrogens (tertiary/aromatic N) is 1. The predicted octanol–water partition coefficient (Wildman–Crippen LogP) is 3.00. The molecule has 3 nitrogen and oxygen atoms in total. The second-order valence-corrected chi connectivity index (χ2v) is 5.69. The molecule has 1 N–H and O–H groups in total. The van der Waals surface area contributed by atoms with Gasteiger partial charge in [-0.25, -0.2) is 4.98 Å². The van der Waals surface area contributed by atoms with Gasteiger partial charge in [0.1, 0.15) is 0 Å². The highest BCUT2D eigenvalue weighted by Gasteiger charge is 2.27. The molecule has 0 saturated carbocycles. The van der Waals surface area contributed by atoms with Crippen LogP contribution in [0.3, 0.4) is 0 Å². The van der Waals surface area contributed by atoms with Gasteiger partial charge in [-0.3, -0.25) is 0 Å². The van der Waals surface area contributed by atoms with Crippen LogP contribution in [0.5, 0.6) is 5.88 Å². The normalized spacial score (nSPS) is 18.4. The third kappa shape index (κ3) is 2.87. The zero-order chi connectivity index (χ0) is 13.1. The van der Waals surface area contributed by atoms with Gasteiger partial charge in [0.15, 0.2) is 0 Å². The molecule has 1 aromatic heterocycles. The summed E-state index contributed by atoms with van der Waals surface area (Å²) in [6.45, 7) is 5.23. The Hall–Kier alpha value is -1.61. The molecule has 1 fully saturated rings. The van der Waals surface area contributed by atoms with Gasteiger partial charge < -0.3 is 10.1 Å². The predicted molar refractivity (Wildman–Crippen MR) is 77.4 cm³/mol. The van der Waals surface area contributed by atoms with Gasteiger partial charge in [0, 0.05) is 16.9 Å². The van der Waals surface area contributed by atoms with E-state index in [1.165, 1.54) is 12.8 Å². The molecular weight excluding hydrogens is 236 g/mol. The fourth-order valence-corrected chi connectivity index (χ4v) is 2.55. The lowest BCUT2D eigenvalue weighted by atomic mass is 9.82.